The standard InChI is InChI=1S/C20H22BrNSi/c1-13-15-7-5-6-8-16(15)20-19(13)17-11-14(21)9-10-18(17)22(20)12-23(2,3)4/h5-11,13H,12H2,1-4H3. The molecule has 0 saturated heterocycles. The highest BCUT2D eigenvalue weighted by Crippen LogP contribution is 2.49. The van der Waals surface area contributed by atoms with Gasteiger partial charge in [0.2, 0.25) is 0 Å². The summed E-state index contributed by atoms with van der Waals surface area (Å²) in [5.74, 6) is 0.473. The highest BCUT2D eigenvalue weighted by molar-refractivity contribution is 9.10. The van der Waals surface area contributed by atoms with Crippen LogP contribution in [0.5, 0.6) is 0 Å². The Kier molecular flexibility index (Phi) is 3.36. The minimum atomic E-state index is -1.23. The maximum absolute atomic E-state index is 3.67. The van der Waals surface area contributed by atoms with Crippen LogP contribution in [-0.4, -0.2) is 12.6 Å². The van der Waals surface area contributed by atoms with Crippen LogP contribution < -0.4 is 0 Å². The number of hydrogen-bond donors (Lipinski definition) is 0. The molecular formula is C20H22BrNSi. The molecule has 0 spiro atoms. The fourth-order valence-corrected chi connectivity index (χ4v) is 5.60. The quantitative estimate of drug-likeness (QED) is 0.450. The van der Waals surface area contributed by atoms with Gasteiger partial charge in [-0.15, -0.1) is 0 Å². The number of benzene rings is 2. The lowest BCUT2D eigenvalue weighted by Gasteiger charge is -2.20. The Labute approximate surface area is 147 Å². The molecule has 1 heterocycles. The van der Waals surface area contributed by atoms with Gasteiger partial charge in [0.25, 0.3) is 0 Å². The van der Waals surface area contributed by atoms with Crippen LogP contribution in [0.15, 0.2) is 46.9 Å². The normalized spacial score (nSPS) is 16.7. The number of fused-ring (bicyclic) bond motifs is 5. The number of rotatable bonds is 2. The van der Waals surface area contributed by atoms with E-state index in [1.54, 1.807) is 0 Å². The summed E-state index contributed by atoms with van der Waals surface area (Å²) in [6, 6.07) is 15.7. The van der Waals surface area contributed by atoms with Crippen molar-refractivity contribution in [1.29, 1.82) is 0 Å². The van der Waals surface area contributed by atoms with Gasteiger partial charge in [-0.2, -0.15) is 0 Å². The van der Waals surface area contributed by atoms with Gasteiger partial charge < -0.3 is 4.57 Å². The Bertz CT molecular complexity index is 917. The van der Waals surface area contributed by atoms with Crippen molar-refractivity contribution >= 4 is 34.9 Å². The van der Waals surface area contributed by atoms with E-state index in [9.17, 15) is 0 Å². The Balaban J connectivity index is 2.10. The first kappa shape index (κ1) is 15.2. The summed E-state index contributed by atoms with van der Waals surface area (Å²) in [5.41, 5.74) is 7.27. The molecular weight excluding hydrogens is 362 g/mol. The highest BCUT2D eigenvalue weighted by Gasteiger charge is 2.32. The molecule has 2 aromatic carbocycles. The molecule has 0 amide bonds. The zero-order valence-corrected chi connectivity index (χ0v) is 16.7. The molecule has 1 nitrogen and oxygen atoms in total. The van der Waals surface area contributed by atoms with E-state index in [0.717, 1.165) is 0 Å². The Morgan fingerprint density at radius 3 is 2.57 bits per heavy atom. The minimum Gasteiger partial charge on any atom is -0.343 e. The van der Waals surface area contributed by atoms with Crippen LogP contribution in [0.25, 0.3) is 22.2 Å². The first-order chi connectivity index (χ1) is 10.9. The number of nitrogens with zero attached hydrogens (tertiary/aromatic N) is 1. The third-order valence-corrected chi connectivity index (χ3v) is 6.57. The maximum atomic E-state index is 3.67. The Morgan fingerprint density at radius 1 is 1.09 bits per heavy atom. The first-order valence-electron chi connectivity index (χ1n) is 8.28. The van der Waals surface area contributed by atoms with E-state index >= 15 is 0 Å². The molecule has 3 heteroatoms. The lowest BCUT2D eigenvalue weighted by atomic mass is 9.97. The molecule has 0 bridgehead atoms. The molecule has 0 fully saturated rings. The fourth-order valence-electron chi connectivity index (χ4n) is 3.97. The zero-order valence-electron chi connectivity index (χ0n) is 14.2. The van der Waals surface area contributed by atoms with Crippen LogP contribution >= 0.6 is 15.9 Å². The smallest absolute Gasteiger partial charge is 0.0671 e. The van der Waals surface area contributed by atoms with Gasteiger partial charge in [0, 0.05) is 33.0 Å². The molecule has 1 unspecified atom stereocenters. The molecule has 1 aliphatic rings. The molecule has 0 N–H and O–H groups in total. The summed E-state index contributed by atoms with van der Waals surface area (Å²) < 4.78 is 3.77. The van der Waals surface area contributed by atoms with Gasteiger partial charge in [0.1, 0.15) is 0 Å². The summed E-state index contributed by atoms with van der Waals surface area (Å²) in [6.07, 6.45) is 1.17. The molecule has 1 aliphatic carbocycles. The molecule has 0 saturated carbocycles. The van der Waals surface area contributed by atoms with Gasteiger partial charge in [-0.05, 0) is 29.3 Å². The summed E-state index contributed by atoms with van der Waals surface area (Å²) in [7, 11) is -1.23. The summed E-state index contributed by atoms with van der Waals surface area (Å²) in [4.78, 5) is 0. The Morgan fingerprint density at radius 2 is 1.83 bits per heavy atom. The van der Waals surface area contributed by atoms with Crippen LogP contribution in [0, 0.1) is 0 Å². The molecule has 3 aromatic rings. The van der Waals surface area contributed by atoms with Gasteiger partial charge in [-0.1, -0.05) is 66.8 Å². The van der Waals surface area contributed by atoms with Crippen LogP contribution in [0.2, 0.25) is 19.6 Å². The van der Waals surface area contributed by atoms with Gasteiger partial charge in [0.05, 0.1) is 13.8 Å². The van der Waals surface area contributed by atoms with Crippen molar-refractivity contribution in [1.82, 2.24) is 4.57 Å². The maximum Gasteiger partial charge on any atom is 0.0671 e. The second-order valence-corrected chi connectivity index (χ2v) is 14.2. The van der Waals surface area contributed by atoms with E-state index in [2.05, 4.69) is 89.5 Å². The monoisotopic (exact) mass is 383 g/mol. The molecule has 23 heavy (non-hydrogen) atoms. The van der Waals surface area contributed by atoms with Gasteiger partial charge >= 0.3 is 0 Å². The van der Waals surface area contributed by atoms with E-state index in [1.807, 2.05) is 0 Å². The van der Waals surface area contributed by atoms with Gasteiger partial charge in [0.15, 0.2) is 0 Å². The summed E-state index contributed by atoms with van der Waals surface area (Å²) >= 11 is 3.67. The molecule has 1 aromatic heterocycles. The van der Waals surface area contributed by atoms with Gasteiger partial charge in [-0.3, -0.25) is 0 Å². The minimum absolute atomic E-state index is 0.473. The van der Waals surface area contributed by atoms with Crippen molar-refractivity contribution < 1.29 is 0 Å². The second kappa shape index (κ2) is 5.09. The van der Waals surface area contributed by atoms with Crippen molar-refractivity contribution in [2.75, 3.05) is 0 Å². The van der Waals surface area contributed by atoms with Crippen molar-refractivity contribution in [3.8, 4) is 11.3 Å². The average molecular weight is 384 g/mol. The topological polar surface area (TPSA) is 4.93 Å². The number of halogens is 1. The third kappa shape index (κ3) is 2.33. The summed E-state index contributed by atoms with van der Waals surface area (Å²) in [5, 5.41) is 1.41. The van der Waals surface area contributed by atoms with Crippen molar-refractivity contribution in [2.24, 2.45) is 0 Å². The zero-order chi connectivity index (χ0) is 16.4. The molecule has 0 radical (unpaired) electrons. The molecule has 4 rings (SSSR count). The highest BCUT2D eigenvalue weighted by atomic mass is 79.9. The second-order valence-electron chi connectivity index (χ2n) is 7.88. The number of hydrogen-bond acceptors (Lipinski definition) is 0. The van der Waals surface area contributed by atoms with Crippen LogP contribution in [0.3, 0.4) is 0 Å². The van der Waals surface area contributed by atoms with Crippen LogP contribution in [0.1, 0.15) is 24.0 Å². The van der Waals surface area contributed by atoms with Crippen molar-refractivity contribution in [3.63, 3.8) is 0 Å². The third-order valence-electron chi connectivity index (χ3n) is 4.81. The van der Waals surface area contributed by atoms with E-state index in [4.69, 9.17) is 0 Å². The van der Waals surface area contributed by atoms with Crippen molar-refractivity contribution in [3.05, 3.63) is 58.1 Å². The van der Waals surface area contributed by atoms with Crippen molar-refractivity contribution in [2.45, 2.75) is 38.7 Å². The molecule has 118 valence electrons. The van der Waals surface area contributed by atoms with Gasteiger partial charge in [-0.25, -0.2) is 0 Å². The van der Waals surface area contributed by atoms with E-state index in [0.29, 0.717) is 5.92 Å². The van der Waals surface area contributed by atoms with Crippen LogP contribution in [0.4, 0.5) is 0 Å². The van der Waals surface area contributed by atoms with E-state index in [1.165, 1.54) is 43.9 Å². The SMILES string of the molecule is CC1c2ccccc2-c2c1c1cc(Br)ccc1n2C[Si](C)(C)C. The Hall–Kier alpha value is -1.32. The molecule has 1 atom stereocenters. The number of aromatic nitrogens is 1. The average Bonchev–Trinajstić information content (AvgIpc) is 2.93. The first-order valence-corrected chi connectivity index (χ1v) is 12.8. The van der Waals surface area contributed by atoms with Crippen LogP contribution in [-0.2, 0) is 6.17 Å². The lowest BCUT2D eigenvalue weighted by Crippen LogP contribution is -2.28. The van der Waals surface area contributed by atoms with E-state index in [-0.39, 0.29) is 0 Å². The predicted molar refractivity (Wildman–Crippen MR) is 106 cm³/mol. The van der Waals surface area contributed by atoms with E-state index < -0.39 is 8.07 Å². The predicted octanol–water partition coefficient (Wildman–Crippen LogP) is 6.41. The summed E-state index contributed by atoms with van der Waals surface area (Å²) in [6.45, 7) is 9.71. The largest absolute Gasteiger partial charge is 0.343 e. The molecule has 0 aliphatic heterocycles. The lowest BCUT2D eigenvalue weighted by molar-refractivity contribution is 0.901. The fraction of sp³-hybridized carbons (Fsp3) is 0.300.